The number of furan rings is 1. The maximum atomic E-state index is 6.66. The Morgan fingerprint density at radius 2 is 1.08 bits per heavy atom. The molecule has 0 atom stereocenters. The number of thiophene rings is 1. The summed E-state index contributed by atoms with van der Waals surface area (Å²) >= 11 is 1.74. The molecule has 0 saturated heterocycles. The summed E-state index contributed by atoms with van der Waals surface area (Å²) in [6.07, 6.45) is 0. The Labute approximate surface area is 301 Å². The summed E-state index contributed by atoms with van der Waals surface area (Å²) in [5.41, 5.74) is 6.52. The summed E-state index contributed by atoms with van der Waals surface area (Å²) in [7, 11) is 0. The summed E-state index contributed by atoms with van der Waals surface area (Å²) in [6, 6.07) is 56.3. The van der Waals surface area contributed by atoms with Crippen molar-refractivity contribution in [1.29, 1.82) is 0 Å². The van der Waals surface area contributed by atoms with E-state index in [1.54, 1.807) is 11.3 Å². The summed E-state index contributed by atoms with van der Waals surface area (Å²) in [4.78, 5) is 12.2. The third kappa shape index (κ3) is 3.84. The number of aromatic nitrogens is 2. The van der Waals surface area contributed by atoms with Crippen molar-refractivity contribution in [2.45, 2.75) is 0 Å². The van der Waals surface area contributed by atoms with Crippen LogP contribution in [-0.2, 0) is 0 Å². The minimum Gasteiger partial charge on any atom is -0.456 e. The number of rotatable bonds is 2. The van der Waals surface area contributed by atoms with Crippen molar-refractivity contribution in [2.75, 3.05) is 0 Å². The van der Waals surface area contributed by atoms with Crippen molar-refractivity contribution in [3.63, 3.8) is 0 Å². The number of nitrogens with zero attached hydrogens (tertiary/aromatic N) is 2. The van der Waals surface area contributed by atoms with E-state index in [-0.39, 0.29) is 0 Å². The molecule has 0 aliphatic heterocycles. The lowest BCUT2D eigenvalue weighted by atomic mass is 9.92. The maximum Gasteiger partial charge on any atom is 0.143 e. The predicted octanol–water partition coefficient (Wildman–Crippen LogP) is 13.8. The second-order valence-electron chi connectivity index (χ2n) is 13.6. The molecule has 52 heavy (non-hydrogen) atoms. The van der Waals surface area contributed by atoms with Gasteiger partial charge in [0, 0.05) is 37.4 Å². The van der Waals surface area contributed by atoms with Crippen molar-refractivity contribution >= 4 is 108 Å². The molecule has 0 radical (unpaired) electrons. The van der Waals surface area contributed by atoms with Crippen LogP contribution in [0.3, 0.4) is 0 Å². The fourth-order valence-electron chi connectivity index (χ4n) is 8.52. The molecule has 0 N–H and O–H groups in total. The van der Waals surface area contributed by atoms with Gasteiger partial charge in [-0.2, -0.15) is 0 Å². The quantitative estimate of drug-likeness (QED) is 0.171. The first-order valence-corrected chi connectivity index (χ1v) is 18.4. The van der Waals surface area contributed by atoms with Crippen molar-refractivity contribution in [2.24, 2.45) is 0 Å². The number of hydrogen-bond donors (Lipinski definition) is 0. The van der Waals surface area contributed by atoms with Gasteiger partial charge in [-0.1, -0.05) is 133 Å². The molecule has 9 aromatic carbocycles. The molecule has 3 heterocycles. The Morgan fingerprint density at radius 1 is 0.404 bits per heavy atom. The van der Waals surface area contributed by atoms with Gasteiger partial charge in [-0.25, -0.2) is 9.97 Å². The van der Waals surface area contributed by atoms with Crippen LogP contribution in [0.5, 0.6) is 0 Å². The third-order valence-corrected chi connectivity index (χ3v) is 11.9. The van der Waals surface area contributed by atoms with E-state index in [4.69, 9.17) is 14.4 Å². The molecule has 0 bridgehead atoms. The fraction of sp³-hybridized carbons (Fsp3) is 0. The van der Waals surface area contributed by atoms with Crippen molar-refractivity contribution in [1.82, 2.24) is 9.97 Å². The Balaban J connectivity index is 1.26. The normalized spacial score (nSPS) is 12.2. The Bertz CT molecular complexity index is 3470. The summed E-state index contributed by atoms with van der Waals surface area (Å²) < 4.78 is 7.88. The Morgan fingerprint density at radius 3 is 1.90 bits per heavy atom. The highest BCUT2D eigenvalue weighted by Gasteiger charge is 2.23. The highest BCUT2D eigenvalue weighted by molar-refractivity contribution is 7.26. The zero-order chi connectivity index (χ0) is 33.9. The zero-order valence-electron chi connectivity index (χ0n) is 27.7. The van der Waals surface area contributed by atoms with E-state index < -0.39 is 0 Å². The SMILES string of the molecule is c1ccc(-c2nc3sc4c5ccccc5c5ccccc5c4c3nc2-c2cc3ccccc3c3cc4c(cc23)oc2ccc3ccccc3c24)cc1. The molecule has 240 valence electrons. The summed E-state index contributed by atoms with van der Waals surface area (Å²) in [6.45, 7) is 0. The predicted molar refractivity (Wildman–Crippen MR) is 221 cm³/mol. The average molecular weight is 679 g/mol. The first kappa shape index (κ1) is 28.1. The molecule has 4 heteroatoms. The first-order chi connectivity index (χ1) is 25.8. The second-order valence-corrected chi connectivity index (χ2v) is 14.6. The van der Waals surface area contributed by atoms with Crippen LogP contribution in [0.4, 0.5) is 0 Å². The fourth-order valence-corrected chi connectivity index (χ4v) is 9.69. The van der Waals surface area contributed by atoms with Gasteiger partial charge in [-0.15, -0.1) is 11.3 Å². The largest absolute Gasteiger partial charge is 0.456 e. The molecule has 0 aliphatic carbocycles. The molecule has 3 nitrogen and oxygen atoms in total. The van der Waals surface area contributed by atoms with Gasteiger partial charge in [0.1, 0.15) is 21.5 Å². The smallest absolute Gasteiger partial charge is 0.143 e. The van der Waals surface area contributed by atoms with E-state index in [9.17, 15) is 0 Å². The van der Waals surface area contributed by atoms with Gasteiger partial charge >= 0.3 is 0 Å². The number of benzene rings is 9. The second kappa shape index (κ2) is 10.5. The Kier molecular flexibility index (Phi) is 5.65. The lowest BCUT2D eigenvalue weighted by Crippen LogP contribution is -1.95. The van der Waals surface area contributed by atoms with E-state index in [1.165, 1.54) is 53.2 Å². The highest BCUT2D eigenvalue weighted by Crippen LogP contribution is 2.47. The Hall–Kier alpha value is -6.62. The molecule has 0 unspecified atom stereocenters. The van der Waals surface area contributed by atoms with Gasteiger partial charge in [0.25, 0.3) is 0 Å². The van der Waals surface area contributed by atoms with E-state index >= 15 is 0 Å². The van der Waals surface area contributed by atoms with Crippen LogP contribution in [0.2, 0.25) is 0 Å². The monoisotopic (exact) mass is 678 g/mol. The van der Waals surface area contributed by atoms with Gasteiger partial charge in [0.05, 0.1) is 11.4 Å². The van der Waals surface area contributed by atoms with Crippen molar-refractivity contribution in [3.05, 3.63) is 158 Å². The lowest BCUT2D eigenvalue weighted by molar-refractivity contribution is 0.670. The van der Waals surface area contributed by atoms with Crippen LogP contribution >= 0.6 is 11.3 Å². The van der Waals surface area contributed by atoms with Crippen LogP contribution in [-0.4, -0.2) is 9.97 Å². The molecule has 0 fully saturated rings. The topological polar surface area (TPSA) is 38.9 Å². The molecular formula is C48H26N2OS. The molecule has 0 amide bonds. The zero-order valence-corrected chi connectivity index (χ0v) is 28.5. The van der Waals surface area contributed by atoms with Crippen LogP contribution < -0.4 is 0 Å². The van der Waals surface area contributed by atoms with Crippen LogP contribution in [0.15, 0.2) is 162 Å². The van der Waals surface area contributed by atoms with E-state index in [1.807, 2.05) is 0 Å². The minimum absolute atomic E-state index is 0.865. The summed E-state index contributed by atoms with van der Waals surface area (Å²) in [5.74, 6) is 0. The standard InChI is InChI=1S/C48H26N2OS/c1-2-13-28(14-3-1)44-45(49-46-43-34-20-10-8-18-32(34)33-19-9-11-21-35(33)47(43)52-48(46)50-44)38-24-29-15-5-6-16-30(29)36-25-39-41(26-37(36)38)51-40-23-22-27-12-4-7-17-31(27)42(39)40/h1-26H. The van der Waals surface area contributed by atoms with Gasteiger partial charge in [0.15, 0.2) is 0 Å². The third-order valence-electron chi connectivity index (χ3n) is 10.8. The first-order valence-electron chi connectivity index (χ1n) is 17.6. The van der Waals surface area contributed by atoms with Crippen molar-refractivity contribution < 1.29 is 4.42 Å². The van der Waals surface area contributed by atoms with E-state index in [0.717, 1.165) is 65.6 Å². The molecule has 12 aromatic rings. The van der Waals surface area contributed by atoms with E-state index in [0.29, 0.717) is 0 Å². The van der Waals surface area contributed by atoms with Crippen LogP contribution in [0, 0.1) is 0 Å². The molecule has 12 rings (SSSR count). The maximum absolute atomic E-state index is 6.66. The highest BCUT2D eigenvalue weighted by atomic mass is 32.1. The number of fused-ring (bicyclic) bond motifs is 16. The molecule has 0 aliphatic rings. The molecular weight excluding hydrogens is 653 g/mol. The van der Waals surface area contributed by atoms with Gasteiger partial charge in [-0.3, -0.25) is 0 Å². The minimum atomic E-state index is 0.865. The van der Waals surface area contributed by atoms with Gasteiger partial charge in [0.2, 0.25) is 0 Å². The lowest BCUT2D eigenvalue weighted by Gasteiger charge is -2.14. The van der Waals surface area contributed by atoms with Crippen LogP contribution in [0.1, 0.15) is 0 Å². The van der Waals surface area contributed by atoms with Gasteiger partial charge < -0.3 is 4.42 Å². The molecule has 3 aromatic heterocycles. The van der Waals surface area contributed by atoms with Gasteiger partial charge in [-0.05, 0) is 72.7 Å². The van der Waals surface area contributed by atoms with Crippen molar-refractivity contribution in [3.8, 4) is 22.5 Å². The molecule has 0 spiro atoms. The summed E-state index contributed by atoms with van der Waals surface area (Å²) in [5, 5.41) is 15.4. The number of hydrogen-bond acceptors (Lipinski definition) is 4. The van der Waals surface area contributed by atoms with Crippen LogP contribution in [0.25, 0.3) is 119 Å². The van der Waals surface area contributed by atoms with E-state index in [2.05, 4.69) is 158 Å². The average Bonchev–Trinajstić information content (AvgIpc) is 3.78. The molecule has 0 saturated carbocycles.